The van der Waals surface area contributed by atoms with Crippen molar-refractivity contribution in [2.45, 2.75) is 12.6 Å². The first kappa shape index (κ1) is 22.4. The first-order chi connectivity index (χ1) is 13.9. The van der Waals surface area contributed by atoms with Crippen molar-refractivity contribution in [3.05, 3.63) is 59.5 Å². The predicted molar refractivity (Wildman–Crippen MR) is 113 cm³/mol. The lowest BCUT2D eigenvalue weighted by molar-refractivity contribution is 0.0951. The molecule has 2 aromatic rings. The fourth-order valence-corrected chi connectivity index (χ4v) is 2.77. The van der Waals surface area contributed by atoms with Gasteiger partial charge < -0.3 is 25.3 Å². The van der Waals surface area contributed by atoms with Gasteiger partial charge in [0.15, 0.2) is 0 Å². The smallest absolute Gasteiger partial charge is 0.315 e. The number of nitrogens with one attached hydrogen (secondary N) is 3. The predicted octanol–water partition coefficient (Wildman–Crippen LogP) is 1.67. The Morgan fingerprint density at radius 2 is 1.83 bits per heavy atom. The molecule has 0 aliphatic rings. The second-order valence-electron chi connectivity index (χ2n) is 7.32. The molecule has 3 amide bonds. The molecule has 1 unspecified atom stereocenters. The normalized spacial score (nSPS) is 12.1. The van der Waals surface area contributed by atoms with Crippen LogP contribution in [-0.4, -0.2) is 69.6 Å². The quantitative estimate of drug-likeness (QED) is 0.564. The third-order valence-electron chi connectivity index (χ3n) is 4.44. The summed E-state index contributed by atoms with van der Waals surface area (Å²) in [5, 5.41) is 8.57. The van der Waals surface area contributed by atoms with Crippen LogP contribution in [0.5, 0.6) is 0 Å². The summed E-state index contributed by atoms with van der Waals surface area (Å²) >= 11 is 0. The van der Waals surface area contributed by atoms with Crippen LogP contribution in [0.1, 0.15) is 27.7 Å². The van der Waals surface area contributed by atoms with Crippen molar-refractivity contribution in [1.82, 2.24) is 25.8 Å². The van der Waals surface area contributed by atoms with Gasteiger partial charge >= 0.3 is 6.03 Å². The van der Waals surface area contributed by atoms with Gasteiger partial charge in [-0.25, -0.2) is 4.79 Å². The zero-order valence-corrected chi connectivity index (χ0v) is 17.6. The monoisotopic (exact) mass is 401 g/mol. The average molecular weight is 402 g/mol. The zero-order chi connectivity index (χ0) is 21.2. The summed E-state index contributed by atoms with van der Waals surface area (Å²) in [7, 11) is 7.78. The molecule has 29 heavy (non-hydrogen) atoms. The Labute approximate surface area is 172 Å². The molecule has 0 fully saturated rings. The van der Waals surface area contributed by atoms with Gasteiger partial charge in [0.2, 0.25) is 0 Å². The van der Waals surface area contributed by atoms with Crippen LogP contribution in [0.25, 0.3) is 0 Å². The van der Waals surface area contributed by atoms with Gasteiger partial charge in [-0.15, -0.1) is 0 Å². The molecule has 2 rings (SSSR count). The number of carbonyl (C=O) groups is 2. The minimum absolute atomic E-state index is 0.0510. The van der Waals surface area contributed by atoms with E-state index >= 15 is 0 Å². The molecule has 0 saturated heterocycles. The molecule has 0 radical (unpaired) electrons. The van der Waals surface area contributed by atoms with Crippen molar-refractivity contribution in [3.63, 3.8) is 0 Å². The Balaban J connectivity index is 1.81. The number of furan rings is 1. The number of hydrogen-bond acceptors (Lipinski definition) is 5. The highest BCUT2D eigenvalue weighted by atomic mass is 16.3. The molecule has 1 aromatic heterocycles. The van der Waals surface area contributed by atoms with Gasteiger partial charge in [-0.3, -0.25) is 9.69 Å². The maximum absolute atomic E-state index is 12.2. The Hall–Kier alpha value is -2.84. The molecule has 0 aliphatic carbocycles. The third kappa shape index (κ3) is 7.59. The van der Waals surface area contributed by atoms with Crippen LogP contribution in [0.3, 0.4) is 0 Å². The fourth-order valence-electron chi connectivity index (χ4n) is 2.77. The minimum Gasteiger partial charge on any atom is -0.468 e. The van der Waals surface area contributed by atoms with Crippen LogP contribution in [0.15, 0.2) is 47.1 Å². The molecular weight excluding hydrogens is 370 g/mol. The summed E-state index contributed by atoms with van der Waals surface area (Å²) in [6.07, 6.45) is 1.62. The summed E-state index contributed by atoms with van der Waals surface area (Å²) in [5.74, 6) is 0.675. The van der Waals surface area contributed by atoms with E-state index in [0.717, 1.165) is 17.9 Å². The van der Waals surface area contributed by atoms with E-state index in [1.165, 1.54) is 0 Å². The second-order valence-corrected chi connectivity index (χ2v) is 7.32. The van der Waals surface area contributed by atoms with E-state index in [0.29, 0.717) is 25.2 Å². The number of amides is 3. The molecule has 0 saturated carbocycles. The van der Waals surface area contributed by atoms with Gasteiger partial charge in [-0.2, -0.15) is 0 Å². The molecular formula is C21H31N5O3. The molecule has 0 aliphatic heterocycles. The number of likely N-dealkylation sites (N-methyl/N-ethyl adjacent to an activating group) is 2. The zero-order valence-electron chi connectivity index (χ0n) is 17.6. The minimum atomic E-state index is -0.274. The number of carbonyl (C=O) groups excluding carboxylic acids is 2. The van der Waals surface area contributed by atoms with E-state index in [1.807, 2.05) is 62.3 Å². The van der Waals surface area contributed by atoms with E-state index in [4.69, 9.17) is 4.42 Å². The highest BCUT2D eigenvalue weighted by molar-refractivity contribution is 5.94. The lowest BCUT2D eigenvalue weighted by Crippen LogP contribution is -2.40. The number of urea groups is 1. The topological polar surface area (TPSA) is 89.8 Å². The van der Waals surface area contributed by atoms with E-state index in [1.54, 1.807) is 18.4 Å². The van der Waals surface area contributed by atoms with E-state index in [-0.39, 0.29) is 18.0 Å². The maximum Gasteiger partial charge on any atom is 0.315 e. The molecule has 158 valence electrons. The van der Waals surface area contributed by atoms with Crippen molar-refractivity contribution in [2.24, 2.45) is 0 Å². The Morgan fingerprint density at radius 1 is 1.03 bits per heavy atom. The van der Waals surface area contributed by atoms with Crippen LogP contribution in [0.4, 0.5) is 4.79 Å². The molecule has 1 atom stereocenters. The van der Waals surface area contributed by atoms with Gasteiger partial charge in [-0.05, 0) is 58.0 Å². The van der Waals surface area contributed by atoms with Crippen molar-refractivity contribution < 1.29 is 14.0 Å². The van der Waals surface area contributed by atoms with Crippen LogP contribution in [0.2, 0.25) is 0 Å². The van der Waals surface area contributed by atoms with E-state index in [2.05, 4.69) is 16.0 Å². The molecule has 0 spiro atoms. The number of benzene rings is 1. The second kappa shape index (κ2) is 11.2. The summed E-state index contributed by atoms with van der Waals surface area (Å²) in [6, 6.07) is 10.6. The van der Waals surface area contributed by atoms with Crippen molar-refractivity contribution >= 4 is 11.9 Å². The summed E-state index contributed by atoms with van der Waals surface area (Å²) < 4.78 is 5.44. The highest BCUT2D eigenvalue weighted by Gasteiger charge is 2.17. The fraction of sp³-hybridized carbons (Fsp3) is 0.429. The first-order valence-corrected chi connectivity index (χ1v) is 9.60. The Bertz CT molecular complexity index is 774. The van der Waals surface area contributed by atoms with Crippen molar-refractivity contribution in [1.29, 1.82) is 0 Å². The number of nitrogens with zero attached hydrogens (tertiary/aromatic N) is 2. The van der Waals surface area contributed by atoms with Gasteiger partial charge in [0.25, 0.3) is 5.91 Å². The average Bonchev–Trinajstić information content (AvgIpc) is 3.20. The lowest BCUT2D eigenvalue weighted by atomic mass is 10.1. The van der Waals surface area contributed by atoms with Gasteiger partial charge in [-0.1, -0.05) is 12.1 Å². The Kier molecular flexibility index (Phi) is 8.69. The SMILES string of the molecule is CN(C)CCNC(=O)c1cccc(CNC(=O)NCC(c2ccco2)N(C)C)c1. The van der Waals surface area contributed by atoms with E-state index < -0.39 is 0 Å². The number of rotatable bonds is 10. The Morgan fingerprint density at radius 3 is 2.48 bits per heavy atom. The first-order valence-electron chi connectivity index (χ1n) is 9.60. The summed E-state index contributed by atoms with van der Waals surface area (Å²) in [4.78, 5) is 28.4. The van der Waals surface area contributed by atoms with Crippen LogP contribution in [-0.2, 0) is 6.54 Å². The van der Waals surface area contributed by atoms with Crippen molar-refractivity contribution in [2.75, 3.05) is 47.8 Å². The molecule has 1 aromatic carbocycles. The molecule has 0 bridgehead atoms. The van der Waals surface area contributed by atoms with Crippen LogP contribution in [0, 0.1) is 0 Å². The summed E-state index contributed by atoms with van der Waals surface area (Å²) in [5.41, 5.74) is 1.43. The molecule has 8 heteroatoms. The standard InChI is InChI=1S/C21H31N5O3/c1-25(2)11-10-22-20(27)17-8-5-7-16(13-17)14-23-21(28)24-15-18(26(3)4)19-9-6-12-29-19/h5-9,12-13,18H,10-11,14-15H2,1-4H3,(H,22,27)(H2,23,24,28). The number of hydrogen-bond donors (Lipinski definition) is 3. The summed E-state index contributed by atoms with van der Waals surface area (Å²) in [6.45, 7) is 2.11. The lowest BCUT2D eigenvalue weighted by Gasteiger charge is -2.22. The van der Waals surface area contributed by atoms with Gasteiger partial charge in [0.1, 0.15) is 5.76 Å². The van der Waals surface area contributed by atoms with Gasteiger partial charge in [0.05, 0.1) is 12.3 Å². The van der Waals surface area contributed by atoms with Gasteiger partial charge in [0, 0.05) is 31.7 Å². The van der Waals surface area contributed by atoms with Crippen LogP contribution < -0.4 is 16.0 Å². The molecule has 1 heterocycles. The maximum atomic E-state index is 12.2. The van der Waals surface area contributed by atoms with Crippen LogP contribution >= 0.6 is 0 Å². The van der Waals surface area contributed by atoms with Crippen molar-refractivity contribution in [3.8, 4) is 0 Å². The van der Waals surface area contributed by atoms with E-state index in [9.17, 15) is 9.59 Å². The third-order valence-corrected chi connectivity index (χ3v) is 4.44. The molecule has 3 N–H and O–H groups in total. The highest BCUT2D eigenvalue weighted by Crippen LogP contribution is 2.17. The molecule has 8 nitrogen and oxygen atoms in total. The largest absolute Gasteiger partial charge is 0.468 e.